The highest BCUT2D eigenvalue weighted by molar-refractivity contribution is 5.37. The molecule has 0 saturated heterocycles. The van der Waals surface area contributed by atoms with Crippen LogP contribution in [-0.2, 0) is 0 Å². The molecule has 1 aromatic carbocycles. The molecule has 1 aromatic heterocycles. The maximum atomic E-state index is 5.35. The number of nitrogens with one attached hydrogen (secondary N) is 1. The van der Waals surface area contributed by atoms with Crippen molar-refractivity contribution >= 4 is 0 Å². The van der Waals surface area contributed by atoms with E-state index >= 15 is 0 Å². The van der Waals surface area contributed by atoms with Crippen molar-refractivity contribution in [2.75, 3.05) is 13.7 Å². The van der Waals surface area contributed by atoms with Crippen LogP contribution in [0.25, 0.3) is 0 Å². The smallest absolute Gasteiger partial charge is 0.119 e. The first kappa shape index (κ1) is 15.5. The van der Waals surface area contributed by atoms with Crippen LogP contribution in [0.1, 0.15) is 41.9 Å². The van der Waals surface area contributed by atoms with E-state index in [0.717, 1.165) is 30.1 Å². The van der Waals surface area contributed by atoms with Gasteiger partial charge in [-0.15, -0.1) is 0 Å². The van der Waals surface area contributed by atoms with E-state index in [9.17, 15) is 0 Å². The van der Waals surface area contributed by atoms with Gasteiger partial charge in [0.2, 0.25) is 0 Å². The van der Waals surface area contributed by atoms with Crippen molar-refractivity contribution in [2.45, 2.75) is 33.2 Å². The Morgan fingerprint density at radius 3 is 2.43 bits per heavy atom. The lowest BCUT2D eigenvalue weighted by Gasteiger charge is -2.21. The zero-order valence-electron chi connectivity index (χ0n) is 13.3. The second-order valence-corrected chi connectivity index (χ2v) is 5.35. The number of aryl methyl sites for hydroxylation is 2. The molecule has 0 amide bonds. The normalized spacial score (nSPS) is 12.2. The minimum atomic E-state index is 0.167. The standard InChI is InChI=1S/C18H24N2O/c1-5-9-19-18(15-7-6-8-17(12-15)21-4)16-10-13(2)20-14(3)11-16/h6-8,10-12,18-19H,5,9H2,1-4H3. The Labute approximate surface area is 127 Å². The fraction of sp³-hybridized carbons (Fsp3) is 0.389. The second-order valence-electron chi connectivity index (χ2n) is 5.35. The van der Waals surface area contributed by atoms with E-state index < -0.39 is 0 Å². The Bertz CT molecular complexity index is 575. The van der Waals surface area contributed by atoms with E-state index in [-0.39, 0.29) is 6.04 Å². The third-order valence-corrected chi connectivity index (χ3v) is 3.46. The molecule has 1 atom stereocenters. The molecule has 0 fully saturated rings. The second kappa shape index (κ2) is 7.23. The van der Waals surface area contributed by atoms with Crippen molar-refractivity contribution in [2.24, 2.45) is 0 Å². The number of rotatable bonds is 6. The van der Waals surface area contributed by atoms with E-state index in [1.54, 1.807) is 7.11 Å². The Morgan fingerprint density at radius 2 is 1.81 bits per heavy atom. The average molecular weight is 284 g/mol. The van der Waals surface area contributed by atoms with Gasteiger partial charge in [0, 0.05) is 11.4 Å². The predicted octanol–water partition coefficient (Wildman–Crippen LogP) is 3.80. The fourth-order valence-electron chi connectivity index (χ4n) is 2.57. The SMILES string of the molecule is CCCNC(c1cccc(OC)c1)c1cc(C)nc(C)c1. The third kappa shape index (κ3) is 4.05. The van der Waals surface area contributed by atoms with E-state index in [4.69, 9.17) is 4.74 Å². The van der Waals surface area contributed by atoms with Crippen LogP contribution in [-0.4, -0.2) is 18.6 Å². The van der Waals surface area contributed by atoms with Gasteiger partial charge in [-0.2, -0.15) is 0 Å². The molecule has 2 rings (SSSR count). The lowest BCUT2D eigenvalue weighted by Crippen LogP contribution is -2.23. The molecule has 112 valence electrons. The predicted molar refractivity (Wildman–Crippen MR) is 86.8 cm³/mol. The minimum absolute atomic E-state index is 0.167. The summed E-state index contributed by atoms with van der Waals surface area (Å²) in [5.74, 6) is 0.887. The van der Waals surface area contributed by atoms with E-state index in [0.29, 0.717) is 0 Å². The molecule has 0 aliphatic carbocycles. The zero-order valence-corrected chi connectivity index (χ0v) is 13.3. The summed E-state index contributed by atoms with van der Waals surface area (Å²) in [7, 11) is 1.70. The molecule has 21 heavy (non-hydrogen) atoms. The molecule has 1 heterocycles. The zero-order chi connectivity index (χ0) is 15.2. The molecule has 1 N–H and O–H groups in total. The molecular weight excluding hydrogens is 260 g/mol. The van der Waals surface area contributed by atoms with Crippen molar-refractivity contribution in [3.63, 3.8) is 0 Å². The molecule has 0 bridgehead atoms. The van der Waals surface area contributed by atoms with Gasteiger partial charge in [0.15, 0.2) is 0 Å². The monoisotopic (exact) mass is 284 g/mol. The van der Waals surface area contributed by atoms with Gasteiger partial charge < -0.3 is 10.1 Å². The summed E-state index contributed by atoms with van der Waals surface area (Å²) in [6.07, 6.45) is 1.10. The number of pyridine rings is 1. The molecular formula is C18H24N2O. The summed E-state index contributed by atoms with van der Waals surface area (Å²) >= 11 is 0. The Hall–Kier alpha value is -1.87. The molecule has 0 spiro atoms. The first-order valence-corrected chi connectivity index (χ1v) is 7.46. The van der Waals surface area contributed by atoms with E-state index in [1.807, 2.05) is 26.0 Å². The van der Waals surface area contributed by atoms with Gasteiger partial charge in [-0.1, -0.05) is 19.1 Å². The highest BCUT2D eigenvalue weighted by atomic mass is 16.5. The van der Waals surface area contributed by atoms with E-state index in [1.165, 1.54) is 11.1 Å². The van der Waals surface area contributed by atoms with Crippen LogP contribution in [0.15, 0.2) is 36.4 Å². The Balaban J connectivity index is 2.41. The van der Waals surface area contributed by atoms with Crippen LogP contribution in [0.5, 0.6) is 5.75 Å². The highest BCUT2D eigenvalue weighted by Gasteiger charge is 2.15. The largest absolute Gasteiger partial charge is 0.497 e. The summed E-state index contributed by atoms with van der Waals surface area (Å²) in [6.45, 7) is 7.24. The molecule has 1 unspecified atom stereocenters. The van der Waals surface area contributed by atoms with Gasteiger partial charge in [-0.3, -0.25) is 4.98 Å². The molecule has 0 aliphatic heterocycles. The van der Waals surface area contributed by atoms with Gasteiger partial charge in [0.25, 0.3) is 0 Å². The maximum Gasteiger partial charge on any atom is 0.119 e. The minimum Gasteiger partial charge on any atom is -0.497 e. The van der Waals surface area contributed by atoms with Gasteiger partial charge in [-0.25, -0.2) is 0 Å². The number of nitrogens with zero attached hydrogens (tertiary/aromatic N) is 1. The van der Waals surface area contributed by atoms with E-state index in [2.05, 4.69) is 41.5 Å². The topological polar surface area (TPSA) is 34.1 Å². The number of hydrogen-bond donors (Lipinski definition) is 1. The van der Waals surface area contributed by atoms with Gasteiger partial charge in [0.05, 0.1) is 13.2 Å². The summed E-state index contributed by atoms with van der Waals surface area (Å²) in [6, 6.07) is 12.7. The summed E-state index contributed by atoms with van der Waals surface area (Å²) in [5, 5.41) is 3.62. The summed E-state index contributed by atoms with van der Waals surface area (Å²) < 4.78 is 5.35. The van der Waals surface area contributed by atoms with Gasteiger partial charge >= 0.3 is 0 Å². The van der Waals surface area contributed by atoms with Crippen molar-refractivity contribution in [1.82, 2.24) is 10.3 Å². The van der Waals surface area contributed by atoms with Crippen LogP contribution in [0.2, 0.25) is 0 Å². The van der Waals surface area contributed by atoms with Crippen LogP contribution >= 0.6 is 0 Å². The van der Waals surface area contributed by atoms with Crippen LogP contribution in [0, 0.1) is 13.8 Å². The molecule has 0 saturated carbocycles. The quantitative estimate of drug-likeness (QED) is 0.876. The lowest BCUT2D eigenvalue weighted by atomic mass is 9.97. The van der Waals surface area contributed by atoms with Crippen molar-refractivity contribution in [3.8, 4) is 5.75 Å². The van der Waals surface area contributed by atoms with Crippen LogP contribution in [0.4, 0.5) is 0 Å². The Morgan fingerprint density at radius 1 is 1.10 bits per heavy atom. The molecule has 3 heteroatoms. The highest BCUT2D eigenvalue weighted by Crippen LogP contribution is 2.26. The first-order valence-electron chi connectivity index (χ1n) is 7.46. The molecule has 0 radical (unpaired) electrons. The Kier molecular flexibility index (Phi) is 5.34. The van der Waals surface area contributed by atoms with Crippen molar-refractivity contribution < 1.29 is 4.74 Å². The van der Waals surface area contributed by atoms with Crippen LogP contribution in [0.3, 0.4) is 0 Å². The third-order valence-electron chi connectivity index (χ3n) is 3.46. The first-order chi connectivity index (χ1) is 10.1. The van der Waals surface area contributed by atoms with Crippen LogP contribution < -0.4 is 10.1 Å². The summed E-state index contributed by atoms with van der Waals surface area (Å²) in [4.78, 5) is 4.47. The number of hydrogen-bond acceptors (Lipinski definition) is 3. The number of aromatic nitrogens is 1. The number of benzene rings is 1. The van der Waals surface area contributed by atoms with Gasteiger partial charge in [0.1, 0.15) is 5.75 Å². The molecule has 3 nitrogen and oxygen atoms in total. The molecule has 0 aliphatic rings. The van der Waals surface area contributed by atoms with Gasteiger partial charge in [-0.05, 0) is 62.2 Å². The lowest BCUT2D eigenvalue weighted by molar-refractivity contribution is 0.413. The molecule has 2 aromatic rings. The maximum absolute atomic E-state index is 5.35. The average Bonchev–Trinajstić information content (AvgIpc) is 2.47. The summed E-state index contributed by atoms with van der Waals surface area (Å²) in [5.41, 5.74) is 4.57. The van der Waals surface area contributed by atoms with Crippen molar-refractivity contribution in [3.05, 3.63) is 58.9 Å². The number of ether oxygens (including phenoxy) is 1. The van der Waals surface area contributed by atoms with Crippen molar-refractivity contribution in [1.29, 1.82) is 0 Å². The number of methoxy groups -OCH3 is 1. The fourth-order valence-corrected chi connectivity index (χ4v) is 2.57.